The molecule has 2 amide bonds. The topological polar surface area (TPSA) is 52.6 Å². The molecule has 33 heavy (non-hydrogen) atoms. The highest BCUT2D eigenvalue weighted by Gasteiger charge is 2.38. The molecule has 0 spiro atoms. The van der Waals surface area contributed by atoms with Crippen LogP contribution in [0.15, 0.2) is 18.2 Å². The summed E-state index contributed by atoms with van der Waals surface area (Å²) < 4.78 is 52.1. The second kappa shape index (κ2) is 10.4. The SMILES string of the molecule is CN(CCN1CCC(CNC(=O)c2cc(F)cc(C(F)(F)F)c2)CC1)C(=O)C1(C)CCCC1. The highest BCUT2D eigenvalue weighted by atomic mass is 19.4. The van der Waals surface area contributed by atoms with E-state index in [1.807, 2.05) is 11.9 Å². The van der Waals surface area contributed by atoms with Gasteiger partial charge in [-0.1, -0.05) is 19.8 Å². The van der Waals surface area contributed by atoms with Gasteiger partial charge in [-0.15, -0.1) is 0 Å². The maximum absolute atomic E-state index is 13.5. The van der Waals surface area contributed by atoms with Gasteiger partial charge in [0.2, 0.25) is 5.91 Å². The Kier molecular flexibility index (Phi) is 8.03. The number of nitrogens with one attached hydrogen (secondary N) is 1. The van der Waals surface area contributed by atoms with E-state index in [-0.39, 0.29) is 22.8 Å². The van der Waals surface area contributed by atoms with E-state index in [2.05, 4.69) is 17.1 Å². The number of rotatable bonds is 7. The first-order chi connectivity index (χ1) is 15.5. The number of likely N-dealkylation sites (N-methyl/N-ethyl adjacent to an activating group) is 1. The summed E-state index contributed by atoms with van der Waals surface area (Å²) in [5.41, 5.74) is -1.72. The summed E-state index contributed by atoms with van der Waals surface area (Å²) in [5, 5.41) is 2.65. The lowest BCUT2D eigenvalue weighted by atomic mass is 9.87. The van der Waals surface area contributed by atoms with Crippen molar-refractivity contribution in [1.82, 2.24) is 15.1 Å². The number of benzene rings is 1. The molecule has 0 unspecified atom stereocenters. The molecule has 0 atom stereocenters. The molecule has 0 bridgehead atoms. The average molecular weight is 472 g/mol. The first-order valence-electron chi connectivity index (χ1n) is 11.6. The fraction of sp³-hybridized carbons (Fsp3) is 0.667. The zero-order chi connectivity index (χ0) is 24.2. The molecule has 1 aliphatic heterocycles. The maximum atomic E-state index is 13.5. The van der Waals surface area contributed by atoms with Crippen molar-refractivity contribution in [1.29, 1.82) is 0 Å². The first kappa shape index (κ1) is 25.5. The van der Waals surface area contributed by atoms with Crippen molar-refractivity contribution in [3.05, 3.63) is 35.1 Å². The number of carbonyl (C=O) groups is 2. The van der Waals surface area contributed by atoms with Crippen molar-refractivity contribution in [2.75, 3.05) is 39.8 Å². The minimum atomic E-state index is -4.71. The number of hydrogen-bond acceptors (Lipinski definition) is 3. The second-order valence-corrected chi connectivity index (χ2v) is 9.72. The number of hydrogen-bond donors (Lipinski definition) is 1. The second-order valence-electron chi connectivity index (χ2n) is 9.72. The molecule has 1 saturated heterocycles. The van der Waals surface area contributed by atoms with E-state index in [0.717, 1.165) is 64.2 Å². The summed E-state index contributed by atoms with van der Waals surface area (Å²) >= 11 is 0. The lowest BCUT2D eigenvalue weighted by Gasteiger charge is -2.34. The Morgan fingerprint density at radius 2 is 1.79 bits per heavy atom. The number of likely N-dealkylation sites (tertiary alicyclic amines) is 1. The molecule has 2 aliphatic rings. The van der Waals surface area contributed by atoms with Gasteiger partial charge < -0.3 is 15.1 Å². The van der Waals surface area contributed by atoms with Crippen molar-refractivity contribution >= 4 is 11.8 Å². The highest BCUT2D eigenvalue weighted by molar-refractivity contribution is 5.94. The fourth-order valence-corrected chi connectivity index (χ4v) is 4.86. The fourth-order valence-electron chi connectivity index (χ4n) is 4.86. The van der Waals surface area contributed by atoms with E-state index in [9.17, 15) is 27.2 Å². The summed E-state index contributed by atoms with van der Waals surface area (Å²) in [4.78, 5) is 29.1. The van der Waals surface area contributed by atoms with Gasteiger partial charge in [0.1, 0.15) is 5.82 Å². The minimum Gasteiger partial charge on any atom is -0.352 e. The van der Waals surface area contributed by atoms with Crippen LogP contribution >= 0.6 is 0 Å². The summed E-state index contributed by atoms with van der Waals surface area (Å²) in [6.45, 7) is 5.53. The Morgan fingerprint density at radius 3 is 2.39 bits per heavy atom. The molecule has 3 rings (SSSR count). The maximum Gasteiger partial charge on any atom is 0.416 e. The van der Waals surface area contributed by atoms with Crippen LogP contribution in [-0.2, 0) is 11.0 Å². The van der Waals surface area contributed by atoms with Crippen LogP contribution in [0, 0.1) is 17.2 Å². The van der Waals surface area contributed by atoms with Crippen LogP contribution in [0.1, 0.15) is 61.4 Å². The van der Waals surface area contributed by atoms with Crippen LogP contribution in [0.2, 0.25) is 0 Å². The van der Waals surface area contributed by atoms with Crippen molar-refractivity contribution in [3.8, 4) is 0 Å². The zero-order valence-corrected chi connectivity index (χ0v) is 19.3. The molecule has 1 aliphatic carbocycles. The van der Waals surface area contributed by atoms with E-state index in [1.54, 1.807) is 0 Å². The molecule has 1 aromatic carbocycles. The van der Waals surface area contributed by atoms with Crippen molar-refractivity contribution < 1.29 is 27.2 Å². The first-order valence-corrected chi connectivity index (χ1v) is 11.6. The van der Waals surface area contributed by atoms with E-state index >= 15 is 0 Å². The predicted octanol–water partition coefficient (Wildman–Crippen LogP) is 4.33. The summed E-state index contributed by atoms with van der Waals surface area (Å²) in [5.74, 6) is -1.36. The molecule has 1 heterocycles. The van der Waals surface area contributed by atoms with Gasteiger partial charge in [0.25, 0.3) is 5.91 Å². The van der Waals surface area contributed by atoms with E-state index in [0.29, 0.717) is 25.2 Å². The van der Waals surface area contributed by atoms with Crippen molar-refractivity contribution in [2.24, 2.45) is 11.3 Å². The highest BCUT2D eigenvalue weighted by Crippen LogP contribution is 2.38. The Hall–Kier alpha value is -2.16. The molecule has 2 fully saturated rings. The number of alkyl halides is 3. The summed E-state index contributed by atoms with van der Waals surface area (Å²) in [7, 11) is 1.87. The number of halogens is 4. The monoisotopic (exact) mass is 471 g/mol. The molecule has 1 saturated carbocycles. The van der Waals surface area contributed by atoms with Gasteiger partial charge in [0.15, 0.2) is 0 Å². The van der Waals surface area contributed by atoms with E-state index in [1.165, 1.54) is 0 Å². The molecule has 9 heteroatoms. The van der Waals surface area contributed by atoms with Crippen LogP contribution in [-0.4, -0.2) is 61.4 Å². The Bertz CT molecular complexity index is 845. The number of piperidine rings is 1. The third-order valence-electron chi connectivity index (χ3n) is 7.07. The van der Waals surface area contributed by atoms with Gasteiger partial charge in [0.05, 0.1) is 5.56 Å². The van der Waals surface area contributed by atoms with Gasteiger partial charge in [-0.05, 0) is 62.9 Å². The van der Waals surface area contributed by atoms with Crippen LogP contribution in [0.25, 0.3) is 0 Å². The Balaban J connectivity index is 1.40. The molecule has 1 N–H and O–H groups in total. The lowest BCUT2D eigenvalue weighted by molar-refractivity contribution is -0.140. The molecular weight excluding hydrogens is 438 g/mol. The van der Waals surface area contributed by atoms with Crippen LogP contribution in [0.5, 0.6) is 0 Å². The average Bonchev–Trinajstić information content (AvgIpc) is 3.22. The summed E-state index contributed by atoms with van der Waals surface area (Å²) in [6.07, 6.45) is 1.11. The van der Waals surface area contributed by atoms with Gasteiger partial charge in [-0.2, -0.15) is 13.2 Å². The van der Waals surface area contributed by atoms with Gasteiger partial charge in [-0.25, -0.2) is 4.39 Å². The van der Waals surface area contributed by atoms with Gasteiger partial charge in [0, 0.05) is 37.7 Å². The standard InChI is InChI=1S/C24H33F4N3O2/c1-23(7-3-4-8-23)22(33)30(2)11-12-31-9-5-17(6-10-31)16-29-21(32)18-13-19(24(26,27)28)15-20(25)14-18/h13-15,17H,3-12,16H2,1-2H3,(H,29,32). The Labute approximate surface area is 192 Å². The minimum absolute atomic E-state index is 0.206. The predicted molar refractivity (Wildman–Crippen MR) is 117 cm³/mol. The molecule has 184 valence electrons. The summed E-state index contributed by atoms with van der Waals surface area (Å²) in [6, 6.07) is 1.87. The van der Waals surface area contributed by atoms with Gasteiger partial charge >= 0.3 is 6.18 Å². The molecule has 0 aromatic heterocycles. The molecule has 5 nitrogen and oxygen atoms in total. The third kappa shape index (κ3) is 6.68. The van der Waals surface area contributed by atoms with E-state index < -0.39 is 23.5 Å². The lowest BCUT2D eigenvalue weighted by Crippen LogP contribution is -2.45. The van der Waals surface area contributed by atoms with Crippen LogP contribution < -0.4 is 5.32 Å². The zero-order valence-electron chi connectivity index (χ0n) is 19.3. The largest absolute Gasteiger partial charge is 0.416 e. The normalized spacial score (nSPS) is 19.5. The smallest absolute Gasteiger partial charge is 0.352 e. The Morgan fingerprint density at radius 1 is 1.15 bits per heavy atom. The number of nitrogens with zero attached hydrogens (tertiary/aromatic N) is 2. The molecule has 0 radical (unpaired) electrons. The molecule has 1 aromatic rings. The number of amides is 2. The number of carbonyl (C=O) groups excluding carboxylic acids is 2. The van der Waals surface area contributed by atoms with Crippen LogP contribution in [0.3, 0.4) is 0 Å². The van der Waals surface area contributed by atoms with Gasteiger partial charge in [-0.3, -0.25) is 9.59 Å². The van der Waals surface area contributed by atoms with Crippen molar-refractivity contribution in [2.45, 2.75) is 51.6 Å². The quantitative estimate of drug-likeness (QED) is 0.603. The van der Waals surface area contributed by atoms with E-state index in [4.69, 9.17) is 0 Å². The molecular formula is C24H33F4N3O2. The van der Waals surface area contributed by atoms with Crippen molar-refractivity contribution in [3.63, 3.8) is 0 Å². The van der Waals surface area contributed by atoms with Crippen LogP contribution in [0.4, 0.5) is 17.6 Å². The third-order valence-corrected chi connectivity index (χ3v) is 7.07.